The second-order valence-corrected chi connectivity index (χ2v) is 3.89. The second-order valence-electron chi connectivity index (χ2n) is 3.89. The average Bonchev–Trinajstić information content (AvgIpc) is 2.71. The largest absolute Gasteiger partial charge is 0.459 e. The number of aliphatic imine (C=N–C) groups is 2. The van der Waals surface area contributed by atoms with E-state index in [4.69, 9.17) is 21.6 Å². The van der Waals surface area contributed by atoms with Gasteiger partial charge in [0.05, 0.1) is 0 Å². The molecule has 6 nitrogen and oxygen atoms in total. The van der Waals surface area contributed by atoms with Gasteiger partial charge in [0.25, 0.3) is 0 Å². The van der Waals surface area contributed by atoms with Gasteiger partial charge in [0.1, 0.15) is 17.4 Å². The quantitative estimate of drug-likeness (QED) is 0.542. The van der Waals surface area contributed by atoms with Crippen LogP contribution in [0, 0.1) is 0 Å². The number of fused-ring (bicyclic) bond motifs is 1. The molecule has 6 heteroatoms. The molecule has 0 fully saturated rings. The van der Waals surface area contributed by atoms with Crippen LogP contribution in [0.3, 0.4) is 0 Å². The van der Waals surface area contributed by atoms with Gasteiger partial charge >= 0.3 is 0 Å². The Bertz CT molecular complexity index is 577. The average molecular weight is 245 g/mol. The molecule has 2 rings (SSSR count). The highest BCUT2D eigenvalue weighted by atomic mass is 16.3. The molecule has 1 aromatic heterocycles. The molecule has 1 atom stereocenters. The van der Waals surface area contributed by atoms with E-state index in [9.17, 15) is 0 Å². The van der Waals surface area contributed by atoms with E-state index in [0.717, 1.165) is 11.0 Å². The number of para-hydroxylation sites is 1. The van der Waals surface area contributed by atoms with Crippen LogP contribution < -0.4 is 17.2 Å². The summed E-state index contributed by atoms with van der Waals surface area (Å²) >= 11 is 0. The Kier molecular flexibility index (Phi) is 3.18. The van der Waals surface area contributed by atoms with Crippen molar-refractivity contribution in [3.05, 3.63) is 36.1 Å². The van der Waals surface area contributed by atoms with E-state index >= 15 is 0 Å². The van der Waals surface area contributed by atoms with Crippen LogP contribution in [0.4, 0.5) is 0 Å². The number of hydrogen-bond donors (Lipinski definition) is 3. The first-order valence-electron chi connectivity index (χ1n) is 5.47. The van der Waals surface area contributed by atoms with Gasteiger partial charge in [0, 0.05) is 5.39 Å². The molecule has 6 N–H and O–H groups in total. The van der Waals surface area contributed by atoms with Crippen molar-refractivity contribution in [1.82, 2.24) is 0 Å². The van der Waals surface area contributed by atoms with E-state index in [0.29, 0.717) is 5.76 Å². The normalized spacial score (nSPS) is 13.5. The van der Waals surface area contributed by atoms with E-state index in [2.05, 4.69) is 9.98 Å². The SMILES string of the molecule is CC(N=C(N)N=C(N)N)c1cc2ccccc2o1. The lowest BCUT2D eigenvalue weighted by molar-refractivity contribution is 0.514. The van der Waals surface area contributed by atoms with Gasteiger partial charge in [-0.25, -0.2) is 4.99 Å². The molecule has 0 spiro atoms. The third-order valence-electron chi connectivity index (χ3n) is 2.43. The zero-order valence-electron chi connectivity index (χ0n) is 10.00. The molecule has 0 bridgehead atoms. The fourth-order valence-electron chi connectivity index (χ4n) is 1.63. The molecule has 0 aliphatic heterocycles. The maximum atomic E-state index is 5.66. The Balaban J connectivity index is 2.28. The Hall–Kier alpha value is -2.50. The number of nitrogens with two attached hydrogens (primary N) is 3. The summed E-state index contributed by atoms with van der Waals surface area (Å²) < 4.78 is 5.66. The van der Waals surface area contributed by atoms with Crippen molar-refractivity contribution in [3.8, 4) is 0 Å². The monoisotopic (exact) mass is 245 g/mol. The van der Waals surface area contributed by atoms with Crippen molar-refractivity contribution < 1.29 is 4.42 Å². The van der Waals surface area contributed by atoms with Gasteiger partial charge in [0.15, 0.2) is 5.96 Å². The lowest BCUT2D eigenvalue weighted by Crippen LogP contribution is -2.26. The summed E-state index contributed by atoms with van der Waals surface area (Å²) in [6.07, 6.45) is 0. The zero-order chi connectivity index (χ0) is 13.1. The highest BCUT2D eigenvalue weighted by molar-refractivity contribution is 5.92. The highest BCUT2D eigenvalue weighted by Crippen LogP contribution is 2.25. The second kappa shape index (κ2) is 4.79. The van der Waals surface area contributed by atoms with Crippen LogP contribution in [0.25, 0.3) is 11.0 Å². The van der Waals surface area contributed by atoms with Crippen molar-refractivity contribution in [3.63, 3.8) is 0 Å². The van der Waals surface area contributed by atoms with E-state index < -0.39 is 0 Å². The smallest absolute Gasteiger partial charge is 0.219 e. The molecular formula is C12H15N5O. The Morgan fingerprint density at radius 2 is 1.94 bits per heavy atom. The first-order chi connectivity index (χ1) is 8.56. The van der Waals surface area contributed by atoms with Gasteiger partial charge in [-0.05, 0) is 19.1 Å². The Morgan fingerprint density at radius 1 is 1.22 bits per heavy atom. The van der Waals surface area contributed by atoms with Crippen LogP contribution in [-0.4, -0.2) is 11.9 Å². The van der Waals surface area contributed by atoms with E-state index in [-0.39, 0.29) is 18.0 Å². The van der Waals surface area contributed by atoms with Crippen molar-refractivity contribution in [1.29, 1.82) is 0 Å². The Labute approximate surface area is 104 Å². The zero-order valence-corrected chi connectivity index (χ0v) is 10.00. The lowest BCUT2D eigenvalue weighted by Gasteiger charge is -2.02. The number of guanidine groups is 2. The number of rotatable bonds is 2. The molecule has 18 heavy (non-hydrogen) atoms. The summed E-state index contributed by atoms with van der Waals surface area (Å²) in [5.41, 5.74) is 16.8. The maximum absolute atomic E-state index is 5.66. The van der Waals surface area contributed by atoms with Gasteiger partial charge < -0.3 is 21.6 Å². The molecule has 0 radical (unpaired) electrons. The number of hydrogen-bond acceptors (Lipinski definition) is 2. The molecule has 1 aromatic carbocycles. The summed E-state index contributed by atoms with van der Waals surface area (Å²) in [5, 5.41) is 1.02. The topological polar surface area (TPSA) is 116 Å². The van der Waals surface area contributed by atoms with Crippen molar-refractivity contribution in [2.45, 2.75) is 13.0 Å². The predicted molar refractivity (Wildman–Crippen MR) is 72.1 cm³/mol. The van der Waals surface area contributed by atoms with Crippen LogP contribution in [0.5, 0.6) is 0 Å². The third kappa shape index (κ3) is 2.60. The molecule has 0 amide bonds. The molecule has 0 saturated carbocycles. The van der Waals surface area contributed by atoms with Gasteiger partial charge in [-0.3, -0.25) is 0 Å². The fraction of sp³-hybridized carbons (Fsp3) is 0.167. The van der Waals surface area contributed by atoms with Crippen LogP contribution in [0.1, 0.15) is 18.7 Å². The molecule has 0 saturated heterocycles. The van der Waals surface area contributed by atoms with Crippen molar-refractivity contribution >= 4 is 22.9 Å². The van der Waals surface area contributed by atoms with E-state index in [1.807, 2.05) is 37.3 Å². The number of benzene rings is 1. The minimum Gasteiger partial charge on any atom is -0.459 e. The molecular weight excluding hydrogens is 230 g/mol. The molecule has 1 unspecified atom stereocenters. The molecule has 94 valence electrons. The molecule has 0 aliphatic carbocycles. The van der Waals surface area contributed by atoms with E-state index in [1.54, 1.807) is 0 Å². The van der Waals surface area contributed by atoms with Crippen LogP contribution in [0.15, 0.2) is 44.7 Å². The van der Waals surface area contributed by atoms with Crippen LogP contribution in [0.2, 0.25) is 0 Å². The summed E-state index contributed by atoms with van der Waals surface area (Å²) in [4.78, 5) is 7.79. The van der Waals surface area contributed by atoms with Crippen LogP contribution >= 0.6 is 0 Å². The van der Waals surface area contributed by atoms with Gasteiger partial charge in [-0.1, -0.05) is 18.2 Å². The lowest BCUT2D eigenvalue weighted by atomic mass is 10.2. The highest BCUT2D eigenvalue weighted by Gasteiger charge is 2.10. The van der Waals surface area contributed by atoms with Gasteiger partial charge in [-0.15, -0.1) is 0 Å². The summed E-state index contributed by atoms with van der Waals surface area (Å²) in [6, 6.07) is 9.40. The van der Waals surface area contributed by atoms with Crippen molar-refractivity contribution in [2.75, 3.05) is 0 Å². The molecule has 1 heterocycles. The number of nitrogens with zero attached hydrogens (tertiary/aromatic N) is 2. The first kappa shape index (κ1) is 12.0. The van der Waals surface area contributed by atoms with Gasteiger partial charge in [0.2, 0.25) is 5.96 Å². The van der Waals surface area contributed by atoms with Gasteiger partial charge in [-0.2, -0.15) is 4.99 Å². The maximum Gasteiger partial charge on any atom is 0.219 e. The fourth-order valence-corrected chi connectivity index (χ4v) is 1.63. The van der Waals surface area contributed by atoms with Crippen molar-refractivity contribution in [2.24, 2.45) is 27.2 Å². The summed E-state index contributed by atoms with van der Waals surface area (Å²) in [5.74, 6) is 0.626. The minimum atomic E-state index is -0.250. The third-order valence-corrected chi connectivity index (χ3v) is 2.43. The summed E-state index contributed by atoms with van der Waals surface area (Å²) in [6.45, 7) is 1.85. The Morgan fingerprint density at radius 3 is 2.61 bits per heavy atom. The first-order valence-corrected chi connectivity index (χ1v) is 5.47. The standard InChI is InChI=1S/C12H15N5O/c1-7(16-12(15)17-11(13)14)10-6-8-4-2-3-5-9(8)18-10/h2-7H,1H3,(H6,13,14,15,16,17). The molecule has 0 aliphatic rings. The molecule has 2 aromatic rings. The predicted octanol–water partition coefficient (Wildman–Crippen LogP) is 1.08. The van der Waals surface area contributed by atoms with E-state index in [1.165, 1.54) is 0 Å². The summed E-state index contributed by atoms with van der Waals surface area (Å²) in [7, 11) is 0. The number of furan rings is 1. The minimum absolute atomic E-state index is 0.0305. The van der Waals surface area contributed by atoms with Crippen LogP contribution in [-0.2, 0) is 0 Å².